The fraction of sp³-hybridized carbons (Fsp3) is 0.769. The van der Waals surface area contributed by atoms with E-state index in [1.165, 1.54) is 25.7 Å². The van der Waals surface area contributed by atoms with Gasteiger partial charge >= 0.3 is 0 Å². The molecule has 0 spiro atoms. The fourth-order valence-corrected chi connectivity index (χ4v) is 2.52. The van der Waals surface area contributed by atoms with Crippen LogP contribution < -0.4 is 5.32 Å². The Kier molecular flexibility index (Phi) is 3.99. The van der Waals surface area contributed by atoms with Crippen LogP contribution in [0.3, 0.4) is 0 Å². The zero-order chi connectivity index (χ0) is 13.0. The minimum Gasteiger partial charge on any atom is -0.349 e. The van der Waals surface area contributed by atoms with Gasteiger partial charge in [-0.3, -0.25) is 9.89 Å². The van der Waals surface area contributed by atoms with Crippen molar-refractivity contribution < 1.29 is 4.79 Å². The maximum absolute atomic E-state index is 11.9. The highest BCUT2D eigenvalue weighted by Gasteiger charge is 2.29. The van der Waals surface area contributed by atoms with E-state index in [0.717, 1.165) is 25.2 Å². The van der Waals surface area contributed by atoms with E-state index >= 15 is 0 Å². The first-order valence-electron chi connectivity index (χ1n) is 6.82. The van der Waals surface area contributed by atoms with Crippen LogP contribution >= 0.6 is 0 Å². The van der Waals surface area contributed by atoms with Crippen molar-refractivity contribution in [3.05, 3.63) is 11.6 Å². The van der Waals surface area contributed by atoms with Gasteiger partial charge in [-0.1, -0.05) is 26.7 Å². The molecule has 100 valence electrons. The van der Waals surface area contributed by atoms with Crippen molar-refractivity contribution >= 4 is 5.91 Å². The zero-order valence-corrected chi connectivity index (χ0v) is 11.3. The van der Waals surface area contributed by atoms with E-state index in [2.05, 4.69) is 34.3 Å². The molecule has 0 atom stereocenters. The van der Waals surface area contributed by atoms with Gasteiger partial charge in [0.1, 0.15) is 5.82 Å². The molecule has 1 aliphatic carbocycles. The van der Waals surface area contributed by atoms with Crippen LogP contribution in [-0.2, 0) is 6.42 Å². The molecule has 1 fully saturated rings. The van der Waals surface area contributed by atoms with E-state index in [-0.39, 0.29) is 17.1 Å². The summed E-state index contributed by atoms with van der Waals surface area (Å²) < 4.78 is 0. The Bertz CT molecular complexity index is 407. The largest absolute Gasteiger partial charge is 0.349 e. The molecule has 1 aromatic rings. The molecule has 0 bridgehead atoms. The Balaban J connectivity index is 1.87. The molecule has 5 nitrogen and oxygen atoms in total. The zero-order valence-electron chi connectivity index (χ0n) is 11.3. The van der Waals surface area contributed by atoms with Gasteiger partial charge in [0.05, 0.1) is 0 Å². The Morgan fingerprint density at radius 2 is 2.17 bits per heavy atom. The molecular weight excluding hydrogens is 228 g/mol. The van der Waals surface area contributed by atoms with Crippen molar-refractivity contribution in [3.63, 3.8) is 0 Å². The van der Waals surface area contributed by atoms with E-state index in [0.29, 0.717) is 0 Å². The van der Waals surface area contributed by atoms with Gasteiger partial charge in [0.25, 0.3) is 5.91 Å². The van der Waals surface area contributed by atoms with E-state index in [1.807, 2.05) is 0 Å². The first-order valence-corrected chi connectivity index (χ1v) is 6.82. The van der Waals surface area contributed by atoms with Crippen LogP contribution in [0, 0.1) is 5.41 Å². The lowest BCUT2D eigenvalue weighted by atomic mass is 9.89. The predicted octanol–water partition coefficient (Wildman–Crippen LogP) is 2.07. The minimum absolute atomic E-state index is 0.165. The molecule has 0 aliphatic heterocycles. The summed E-state index contributed by atoms with van der Waals surface area (Å²) in [6.45, 7) is 5.04. The van der Waals surface area contributed by atoms with Crippen LogP contribution in [0.1, 0.15) is 62.4 Å². The predicted molar refractivity (Wildman–Crippen MR) is 69.3 cm³/mol. The second-order valence-electron chi connectivity index (χ2n) is 5.56. The number of carbonyl (C=O) groups is 1. The van der Waals surface area contributed by atoms with Crippen molar-refractivity contribution in [2.45, 2.75) is 52.4 Å². The molecule has 0 radical (unpaired) electrons. The van der Waals surface area contributed by atoms with Crippen LogP contribution in [0.4, 0.5) is 0 Å². The minimum atomic E-state index is -0.165. The van der Waals surface area contributed by atoms with Gasteiger partial charge in [0, 0.05) is 13.0 Å². The Labute approximate surface area is 108 Å². The molecule has 1 saturated carbocycles. The van der Waals surface area contributed by atoms with E-state index in [9.17, 15) is 4.79 Å². The average Bonchev–Trinajstić information content (AvgIpc) is 2.97. The summed E-state index contributed by atoms with van der Waals surface area (Å²) in [4.78, 5) is 16.1. The van der Waals surface area contributed by atoms with Crippen LogP contribution in [0.5, 0.6) is 0 Å². The first kappa shape index (κ1) is 13.1. The molecule has 1 amide bonds. The number of H-pyrrole nitrogens is 1. The number of aromatic amines is 1. The number of amides is 1. The van der Waals surface area contributed by atoms with Gasteiger partial charge < -0.3 is 5.32 Å². The van der Waals surface area contributed by atoms with Gasteiger partial charge in [-0.2, -0.15) is 0 Å². The maximum Gasteiger partial charge on any atom is 0.290 e. The Hall–Kier alpha value is -1.39. The fourth-order valence-electron chi connectivity index (χ4n) is 2.52. The molecule has 1 aromatic heterocycles. The maximum atomic E-state index is 11.9. The second-order valence-corrected chi connectivity index (χ2v) is 5.56. The van der Waals surface area contributed by atoms with Crippen molar-refractivity contribution in [1.29, 1.82) is 0 Å². The highest BCUT2D eigenvalue weighted by Crippen LogP contribution is 2.36. The van der Waals surface area contributed by atoms with Crippen LogP contribution in [0.15, 0.2) is 0 Å². The molecular formula is C13H22N4O. The number of nitrogens with zero attached hydrogens (tertiary/aromatic N) is 2. The number of hydrogen-bond acceptors (Lipinski definition) is 3. The third-order valence-corrected chi connectivity index (χ3v) is 3.71. The molecule has 0 unspecified atom stereocenters. The number of rotatable bonds is 5. The van der Waals surface area contributed by atoms with Crippen LogP contribution in [-0.4, -0.2) is 27.6 Å². The lowest BCUT2D eigenvalue weighted by Crippen LogP contribution is -2.34. The van der Waals surface area contributed by atoms with E-state index < -0.39 is 0 Å². The molecule has 1 heterocycles. The third-order valence-electron chi connectivity index (χ3n) is 3.71. The standard InChI is InChI=1S/C13H22N4O/c1-3-6-10-15-11(17-16-10)12(18)14-9-13(2)7-4-5-8-13/h3-9H2,1-2H3,(H,14,18)(H,15,16,17). The first-order chi connectivity index (χ1) is 8.63. The number of hydrogen-bond donors (Lipinski definition) is 2. The summed E-state index contributed by atoms with van der Waals surface area (Å²) in [6.07, 6.45) is 6.76. The van der Waals surface area contributed by atoms with Gasteiger partial charge in [-0.25, -0.2) is 4.98 Å². The third kappa shape index (κ3) is 3.09. The highest BCUT2D eigenvalue weighted by atomic mass is 16.2. The normalized spacial score (nSPS) is 17.9. The molecule has 0 saturated heterocycles. The summed E-state index contributed by atoms with van der Waals surface area (Å²) >= 11 is 0. The van der Waals surface area contributed by atoms with Crippen molar-refractivity contribution in [2.24, 2.45) is 5.41 Å². The van der Waals surface area contributed by atoms with Gasteiger partial charge in [-0.05, 0) is 24.7 Å². The molecule has 1 aliphatic rings. The monoisotopic (exact) mass is 250 g/mol. The molecule has 2 N–H and O–H groups in total. The number of aryl methyl sites for hydroxylation is 1. The summed E-state index contributed by atoms with van der Waals surface area (Å²) in [7, 11) is 0. The number of nitrogens with one attached hydrogen (secondary N) is 2. The van der Waals surface area contributed by atoms with Crippen molar-refractivity contribution in [2.75, 3.05) is 6.54 Å². The summed E-state index contributed by atoms with van der Waals surface area (Å²) in [6, 6.07) is 0. The van der Waals surface area contributed by atoms with Crippen LogP contribution in [0.25, 0.3) is 0 Å². The average molecular weight is 250 g/mol. The molecule has 18 heavy (non-hydrogen) atoms. The Morgan fingerprint density at radius 1 is 1.44 bits per heavy atom. The van der Waals surface area contributed by atoms with E-state index in [4.69, 9.17) is 0 Å². The van der Waals surface area contributed by atoms with Crippen molar-refractivity contribution in [1.82, 2.24) is 20.5 Å². The molecule has 0 aromatic carbocycles. The van der Waals surface area contributed by atoms with Crippen LogP contribution in [0.2, 0.25) is 0 Å². The SMILES string of the molecule is CCCc1nc(C(=O)NCC2(C)CCCC2)n[nH]1. The van der Waals surface area contributed by atoms with E-state index in [1.54, 1.807) is 0 Å². The van der Waals surface area contributed by atoms with Gasteiger partial charge in [0.2, 0.25) is 5.82 Å². The lowest BCUT2D eigenvalue weighted by molar-refractivity contribution is 0.0924. The number of aromatic nitrogens is 3. The topological polar surface area (TPSA) is 70.7 Å². The summed E-state index contributed by atoms with van der Waals surface area (Å²) in [5, 5.41) is 9.71. The van der Waals surface area contributed by atoms with Gasteiger partial charge in [-0.15, -0.1) is 5.10 Å². The molecule has 5 heteroatoms. The smallest absolute Gasteiger partial charge is 0.290 e. The molecule has 2 rings (SSSR count). The quantitative estimate of drug-likeness (QED) is 0.840. The summed E-state index contributed by atoms with van der Waals surface area (Å²) in [5.41, 5.74) is 0.262. The summed E-state index contributed by atoms with van der Waals surface area (Å²) in [5.74, 6) is 0.886. The lowest BCUT2D eigenvalue weighted by Gasteiger charge is -2.23. The second kappa shape index (κ2) is 5.50. The van der Waals surface area contributed by atoms with Gasteiger partial charge in [0.15, 0.2) is 0 Å². The number of carbonyl (C=O) groups excluding carboxylic acids is 1. The highest BCUT2D eigenvalue weighted by molar-refractivity contribution is 5.90. The Morgan fingerprint density at radius 3 is 2.83 bits per heavy atom. The van der Waals surface area contributed by atoms with Crippen molar-refractivity contribution in [3.8, 4) is 0 Å².